The summed E-state index contributed by atoms with van der Waals surface area (Å²) in [6.07, 6.45) is 2.86. The van der Waals surface area contributed by atoms with Crippen LogP contribution >= 0.6 is 0 Å². The molecular weight excluding hydrogens is 221 g/mol. The highest BCUT2D eigenvalue weighted by Gasteiger charge is 2.12. The number of carbonyl (C=O) groups excluding carboxylic acids is 1. The molecule has 0 radical (unpaired) electrons. The van der Waals surface area contributed by atoms with Crippen LogP contribution in [-0.2, 0) is 0 Å². The molecule has 0 saturated carbocycles. The van der Waals surface area contributed by atoms with E-state index in [4.69, 9.17) is 0 Å². The highest BCUT2D eigenvalue weighted by atomic mass is 19.1. The SMILES string of the molecule is Cc1ccnc(NC(=O)c2cccnc2F)c1. The second-order valence-electron chi connectivity index (χ2n) is 3.51. The van der Waals surface area contributed by atoms with E-state index in [2.05, 4.69) is 15.3 Å². The summed E-state index contributed by atoms with van der Waals surface area (Å²) in [7, 11) is 0. The summed E-state index contributed by atoms with van der Waals surface area (Å²) in [5, 5.41) is 2.51. The van der Waals surface area contributed by atoms with Crippen molar-refractivity contribution in [1.82, 2.24) is 9.97 Å². The van der Waals surface area contributed by atoms with E-state index in [1.54, 1.807) is 18.3 Å². The molecule has 2 aromatic heterocycles. The lowest BCUT2D eigenvalue weighted by Crippen LogP contribution is -2.15. The van der Waals surface area contributed by atoms with Crippen molar-refractivity contribution in [3.8, 4) is 0 Å². The molecule has 0 aromatic carbocycles. The van der Waals surface area contributed by atoms with E-state index in [1.165, 1.54) is 18.3 Å². The predicted octanol–water partition coefficient (Wildman–Crippen LogP) is 2.18. The summed E-state index contributed by atoms with van der Waals surface area (Å²) in [6, 6.07) is 6.38. The van der Waals surface area contributed by atoms with Gasteiger partial charge in [0.1, 0.15) is 5.82 Å². The van der Waals surface area contributed by atoms with Gasteiger partial charge in [-0.3, -0.25) is 4.79 Å². The third-order valence-electron chi connectivity index (χ3n) is 2.16. The van der Waals surface area contributed by atoms with Crippen LogP contribution in [0.4, 0.5) is 10.2 Å². The second-order valence-corrected chi connectivity index (χ2v) is 3.51. The van der Waals surface area contributed by atoms with Gasteiger partial charge in [0.25, 0.3) is 5.91 Å². The van der Waals surface area contributed by atoms with Gasteiger partial charge in [0.05, 0.1) is 5.56 Å². The maximum absolute atomic E-state index is 13.2. The molecule has 1 N–H and O–H groups in total. The quantitative estimate of drug-likeness (QED) is 0.806. The molecule has 4 nitrogen and oxygen atoms in total. The molecule has 2 rings (SSSR count). The summed E-state index contributed by atoms with van der Waals surface area (Å²) in [5.41, 5.74) is 0.859. The normalized spacial score (nSPS) is 10.0. The van der Waals surface area contributed by atoms with Gasteiger partial charge in [-0.1, -0.05) is 0 Å². The Labute approximate surface area is 97.5 Å². The summed E-state index contributed by atoms with van der Waals surface area (Å²) in [4.78, 5) is 19.1. The smallest absolute Gasteiger partial charge is 0.261 e. The minimum absolute atomic E-state index is 0.101. The minimum atomic E-state index is -0.794. The lowest BCUT2D eigenvalue weighted by atomic mass is 10.2. The van der Waals surface area contributed by atoms with Gasteiger partial charge in [0, 0.05) is 12.4 Å². The van der Waals surface area contributed by atoms with E-state index in [1.807, 2.05) is 6.92 Å². The number of pyridine rings is 2. The molecule has 0 bridgehead atoms. The Morgan fingerprint density at radius 3 is 2.82 bits per heavy atom. The summed E-state index contributed by atoms with van der Waals surface area (Å²) >= 11 is 0. The van der Waals surface area contributed by atoms with Crippen LogP contribution in [0.5, 0.6) is 0 Å². The van der Waals surface area contributed by atoms with E-state index in [9.17, 15) is 9.18 Å². The molecule has 86 valence electrons. The lowest BCUT2D eigenvalue weighted by molar-refractivity contribution is 0.102. The Balaban J connectivity index is 2.20. The van der Waals surface area contributed by atoms with E-state index >= 15 is 0 Å². The van der Waals surface area contributed by atoms with Crippen molar-refractivity contribution in [3.05, 3.63) is 53.7 Å². The Hall–Kier alpha value is -2.30. The Kier molecular flexibility index (Phi) is 3.09. The van der Waals surface area contributed by atoms with Crippen molar-refractivity contribution in [2.75, 3.05) is 5.32 Å². The average molecular weight is 231 g/mol. The van der Waals surface area contributed by atoms with Gasteiger partial charge in [0.2, 0.25) is 5.95 Å². The summed E-state index contributed by atoms with van der Waals surface area (Å²) in [5.74, 6) is -0.968. The fraction of sp³-hybridized carbons (Fsp3) is 0.0833. The number of hydrogen-bond acceptors (Lipinski definition) is 3. The zero-order valence-electron chi connectivity index (χ0n) is 9.14. The molecule has 0 spiro atoms. The van der Waals surface area contributed by atoms with Gasteiger partial charge in [-0.25, -0.2) is 9.97 Å². The topological polar surface area (TPSA) is 54.9 Å². The molecule has 0 unspecified atom stereocenters. The first-order valence-electron chi connectivity index (χ1n) is 5.01. The van der Waals surface area contributed by atoms with Crippen molar-refractivity contribution in [2.45, 2.75) is 6.92 Å². The fourth-order valence-corrected chi connectivity index (χ4v) is 1.34. The third kappa shape index (κ3) is 2.63. The minimum Gasteiger partial charge on any atom is -0.306 e. The summed E-state index contributed by atoms with van der Waals surface area (Å²) in [6.45, 7) is 1.88. The highest BCUT2D eigenvalue weighted by Crippen LogP contribution is 2.09. The van der Waals surface area contributed by atoms with E-state index in [0.29, 0.717) is 5.82 Å². The molecule has 0 fully saturated rings. The number of nitrogens with zero attached hydrogens (tertiary/aromatic N) is 2. The molecule has 0 aliphatic heterocycles. The lowest BCUT2D eigenvalue weighted by Gasteiger charge is -2.05. The third-order valence-corrected chi connectivity index (χ3v) is 2.16. The number of amides is 1. The van der Waals surface area contributed by atoms with Gasteiger partial charge in [0.15, 0.2) is 0 Å². The van der Waals surface area contributed by atoms with E-state index < -0.39 is 11.9 Å². The number of rotatable bonds is 2. The van der Waals surface area contributed by atoms with Crippen LogP contribution in [0, 0.1) is 12.9 Å². The molecule has 0 aliphatic carbocycles. The molecule has 2 heterocycles. The number of hydrogen-bond donors (Lipinski definition) is 1. The molecular formula is C12H10FN3O. The maximum Gasteiger partial charge on any atom is 0.261 e. The molecule has 2 aromatic rings. The largest absolute Gasteiger partial charge is 0.306 e. The Morgan fingerprint density at radius 1 is 1.29 bits per heavy atom. The van der Waals surface area contributed by atoms with Crippen LogP contribution in [0.25, 0.3) is 0 Å². The van der Waals surface area contributed by atoms with Crippen molar-refractivity contribution >= 4 is 11.7 Å². The van der Waals surface area contributed by atoms with Crippen LogP contribution in [0.3, 0.4) is 0 Å². The van der Waals surface area contributed by atoms with Crippen LogP contribution in [0.2, 0.25) is 0 Å². The van der Waals surface area contributed by atoms with Crippen molar-refractivity contribution in [1.29, 1.82) is 0 Å². The zero-order valence-corrected chi connectivity index (χ0v) is 9.14. The molecule has 5 heteroatoms. The second kappa shape index (κ2) is 4.69. The number of nitrogens with one attached hydrogen (secondary N) is 1. The first-order chi connectivity index (χ1) is 8.16. The van der Waals surface area contributed by atoms with Crippen LogP contribution in [-0.4, -0.2) is 15.9 Å². The van der Waals surface area contributed by atoms with Crippen molar-refractivity contribution in [3.63, 3.8) is 0 Å². The number of halogens is 1. The van der Waals surface area contributed by atoms with E-state index in [0.717, 1.165) is 5.56 Å². The first kappa shape index (κ1) is 11.2. The molecule has 1 amide bonds. The van der Waals surface area contributed by atoms with E-state index in [-0.39, 0.29) is 5.56 Å². The van der Waals surface area contributed by atoms with Gasteiger partial charge in [-0.15, -0.1) is 0 Å². The Bertz CT molecular complexity index is 557. The number of aromatic nitrogens is 2. The first-order valence-corrected chi connectivity index (χ1v) is 5.01. The highest BCUT2D eigenvalue weighted by molar-refractivity contribution is 6.03. The van der Waals surface area contributed by atoms with Crippen molar-refractivity contribution < 1.29 is 9.18 Å². The molecule has 0 atom stereocenters. The van der Waals surface area contributed by atoms with Gasteiger partial charge >= 0.3 is 0 Å². The summed E-state index contributed by atoms with van der Waals surface area (Å²) < 4.78 is 13.2. The van der Waals surface area contributed by atoms with Crippen LogP contribution in [0.1, 0.15) is 15.9 Å². The van der Waals surface area contributed by atoms with Gasteiger partial charge in [-0.05, 0) is 36.8 Å². The monoisotopic (exact) mass is 231 g/mol. The fourth-order valence-electron chi connectivity index (χ4n) is 1.34. The zero-order chi connectivity index (χ0) is 12.3. The van der Waals surface area contributed by atoms with Gasteiger partial charge in [-0.2, -0.15) is 4.39 Å². The standard InChI is InChI=1S/C12H10FN3O/c1-8-4-6-14-10(7-8)16-12(17)9-3-2-5-15-11(9)13/h2-7H,1H3,(H,14,16,17). The number of carbonyl (C=O) groups is 1. The maximum atomic E-state index is 13.2. The molecule has 0 aliphatic rings. The average Bonchev–Trinajstić information content (AvgIpc) is 2.29. The molecule has 0 saturated heterocycles. The number of anilines is 1. The molecule has 17 heavy (non-hydrogen) atoms. The van der Waals surface area contributed by atoms with Crippen molar-refractivity contribution in [2.24, 2.45) is 0 Å². The van der Waals surface area contributed by atoms with Gasteiger partial charge < -0.3 is 5.32 Å². The van der Waals surface area contributed by atoms with Crippen LogP contribution in [0.15, 0.2) is 36.7 Å². The number of aryl methyl sites for hydroxylation is 1. The van der Waals surface area contributed by atoms with Crippen LogP contribution < -0.4 is 5.32 Å². The Morgan fingerprint density at radius 2 is 2.12 bits per heavy atom. The predicted molar refractivity (Wildman–Crippen MR) is 61.1 cm³/mol.